The zero-order valence-corrected chi connectivity index (χ0v) is 17.8. The average Bonchev–Trinajstić information content (AvgIpc) is 2.25. The molecule has 0 aliphatic rings. The molecule has 10 heteroatoms. The molecule has 106 valence electrons. The minimum Gasteiger partial charge on any atom is -0.354 e. The smallest absolute Gasteiger partial charge is 0.258 e. The number of thioether (sulfide) groups is 1. The number of carbonyl (C=O) groups excluding carboxylic acids is 2. The largest absolute Gasteiger partial charge is 0.354 e. The van der Waals surface area contributed by atoms with Crippen LogP contribution in [0.1, 0.15) is 0 Å². The van der Waals surface area contributed by atoms with E-state index in [1.54, 1.807) is 11.8 Å². The number of alkyl halides is 5. The van der Waals surface area contributed by atoms with Gasteiger partial charge in [0.25, 0.3) is 5.91 Å². The van der Waals surface area contributed by atoms with Crippen LogP contribution in [0.4, 0.5) is 0 Å². The van der Waals surface area contributed by atoms with E-state index < -0.39 is 2.14 Å². The molecule has 0 atom stereocenters. The van der Waals surface area contributed by atoms with Crippen molar-refractivity contribution in [3.05, 3.63) is 0 Å². The molecule has 0 rings (SSSR count). The van der Waals surface area contributed by atoms with Gasteiger partial charge in [-0.25, -0.2) is 0 Å². The number of hydrogen-bond donors (Lipinski definition) is 2. The summed E-state index contributed by atoms with van der Waals surface area (Å²) in [4.78, 5) is 22.5. The maximum Gasteiger partial charge on any atom is 0.258 e. The van der Waals surface area contributed by atoms with Crippen LogP contribution in [0.15, 0.2) is 0 Å². The molecular weight excluding hydrogens is 588 g/mol. The summed E-state index contributed by atoms with van der Waals surface area (Å²) in [6.45, 7) is 1.17. The van der Waals surface area contributed by atoms with Crippen molar-refractivity contribution in [1.29, 1.82) is 0 Å². The second-order valence-corrected chi connectivity index (χ2v) is 14.0. The van der Waals surface area contributed by atoms with E-state index in [2.05, 4.69) is 90.3 Å². The van der Waals surface area contributed by atoms with Gasteiger partial charge in [-0.1, -0.05) is 31.9 Å². The minimum absolute atomic E-state index is 0.0912. The summed E-state index contributed by atoms with van der Waals surface area (Å²) in [6, 6.07) is 0. The molecule has 0 saturated carbocycles. The summed E-state index contributed by atoms with van der Waals surface area (Å²) in [5, 5.41) is 5.48. The second kappa shape index (κ2) is 10.4. The molecule has 0 saturated heterocycles. The van der Waals surface area contributed by atoms with Gasteiger partial charge >= 0.3 is 0 Å². The van der Waals surface area contributed by atoms with Crippen molar-refractivity contribution in [2.75, 3.05) is 24.6 Å². The fourth-order valence-corrected chi connectivity index (χ4v) is 2.20. The first-order valence-electron chi connectivity index (χ1n) is 4.73. The Bertz CT molecular complexity index is 285. The van der Waals surface area contributed by atoms with Gasteiger partial charge in [0.2, 0.25) is 8.05 Å². The summed E-state index contributed by atoms with van der Waals surface area (Å²) in [7, 11) is 0. The van der Waals surface area contributed by atoms with Crippen molar-refractivity contribution in [2.45, 2.75) is 5.88 Å². The van der Waals surface area contributed by atoms with E-state index in [0.717, 1.165) is 11.5 Å². The molecule has 0 aromatic carbocycles. The Morgan fingerprint density at radius 3 is 2.00 bits per heavy atom. The molecule has 0 aromatic rings. The summed E-state index contributed by atoms with van der Waals surface area (Å²) < 4.78 is -1.24. The van der Waals surface area contributed by atoms with Gasteiger partial charge in [-0.05, 0) is 47.8 Å². The molecule has 0 aliphatic heterocycles. The molecule has 0 fully saturated rings. The van der Waals surface area contributed by atoms with Gasteiger partial charge in [0.1, 0.15) is 3.74 Å². The zero-order chi connectivity index (χ0) is 14.2. The van der Waals surface area contributed by atoms with Crippen LogP contribution in [0.5, 0.6) is 0 Å². The molecule has 4 nitrogen and oxygen atoms in total. The van der Waals surface area contributed by atoms with Gasteiger partial charge in [0.05, 0.1) is 0 Å². The van der Waals surface area contributed by atoms with Gasteiger partial charge in [-0.15, -0.1) is 0 Å². The Hall–Kier alpha value is 1.69. The second-order valence-electron chi connectivity index (χ2n) is 2.96. The van der Waals surface area contributed by atoms with E-state index in [4.69, 9.17) is 0 Å². The average molecular weight is 599 g/mol. The summed E-state index contributed by atoms with van der Waals surface area (Å²) in [6.07, 6.45) is 0. The summed E-state index contributed by atoms with van der Waals surface area (Å²) in [5.74, 6) is 1.32. The predicted octanol–water partition coefficient (Wildman–Crippen LogP) is 2.91. The number of hydrogen-bond acceptors (Lipinski definition) is 3. The Balaban J connectivity index is 3.42. The fraction of sp³-hybridized carbons (Fsp3) is 0.750. The molecule has 0 heterocycles. The lowest BCUT2D eigenvalue weighted by molar-refractivity contribution is -0.119. The number of carbonyl (C=O) groups is 2. The van der Waals surface area contributed by atoms with Crippen LogP contribution in [-0.2, 0) is 9.59 Å². The predicted molar refractivity (Wildman–Crippen MR) is 94.5 cm³/mol. The normalized spacial score (nSPS) is 11.4. The van der Waals surface area contributed by atoms with Gasteiger partial charge in [-0.2, -0.15) is 11.8 Å². The third-order valence-electron chi connectivity index (χ3n) is 1.53. The van der Waals surface area contributed by atoms with Gasteiger partial charge in [0.15, 0.2) is 0 Å². The van der Waals surface area contributed by atoms with E-state index in [1.165, 1.54) is 0 Å². The number of nitrogens with one attached hydrogen (secondary N) is 2. The first-order chi connectivity index (χ1) is 8.25. The maximum absolute atomic E-state index is 11.4. The fourth-order valence-electron chi connectivity index (χ4n) is 0.763. The molecule has 0 spiro atoms. The number of rotatable bonds is 7. The molecule has 18 heavy (non-hydrogen) atoms. The topological polar surface area (TPSA) is 58.2 Å². The quantitative estimate of drug-likeness (QED) is 0.350. The minimum atomic E-state index is -0.896. The number of amides is 2. The third-order valence-corrected chi connectivity index (χ3v) is 4.43. The van der Waals surface area contributed by atoms with Crippen molar-refractivity contribution in [1.82, 2.24) is 10.6 Å². The molecule has 0 aliphatic carbocycles. The van der Waals surface area contributed by atoms with Crippen LogP contribution in [0.3, 0.4) is 0 Å². The standard InChI is InChI=1S/C8H11Br5N2O2S/c9-5(10)6(16)14-1-3-18-4-2-15-7(17)8(11,12)13/h5H,1-4H2,(H,14,16)(H,15,17). The van der Waals surface area contributed by atoms with E-state index in [0.29, 0.717) is 13.1 Å². The Morgan fingerprint density at radius 2 is 1.56 bits per heavy atom. The van der Waals surface area contributed by atoms with Crippen molar-refractivity contribution >= 4 is 103 Å². The van der Waals surface area contributed by atoms with Crippen LogP contribution >= 0.6 is 91.4 Å². The molecule has 0 bridgehead atoms. The van der Waals surface area contributed by atoms with Crippen molar-refractivity contribution in [3.8, 4) is 0 Å². The van der Waals surface area contributed by atoms with Crippen LogP contribution in [0.2, 0.25) is 0 Å². The molecule has 0 unspecified atom stereocenters. The maximum atomic E-state index is 11.4. The van der Waals surface area contributed by atoms with Crippen molar-refractivity contribution < 1.29 is 9.59 Å². The van der Waals surface area contributed by atoms with Gasteiger partial charge in [0, 0.05) is 24.6 Å². The highest BCUT2D eigenvalue weighted by Crippen LogP contribution is 2.33. The van der Waals surface area contributed by atoms with Crippen molar-refractivity contribution in [3.63, 3.8) is 0 Å². The summed E-state index contributed by atoms with van der Waals surface area (Å²) in [5.41, 5.74) is 0. The van der Waals surface area contributed by atoms with Gasteiger partial charge < -0.3 is 10.6 Å². The monoisotopic (exact) mass is 594 g/mol. The molecular formula is C8H11Br5N2O2S. The lowest BCUT2D eigenvalue weighted by Crippen LogP contribution is -2.35. The van der Waals surface area contributed by atoms with Crippen LogP contribution in [-0.4, -0.2) is 42.3 Å². The highest BCUT2D eigenvalue weighted by atomic mass is 80.0. The lowest BCUT2D eigenvalue weighted by Gasteiger charge is -2.12. The Morgan fingerprint density at radius 1 is 1.06 bits per heavy atom. The lowest BCUT2D eigenvalue weighted by atomic mass is 10.6. The molecule has 2 N–H and O–H groups in total. The van der Waals surface area contributed by atoms with Crippen LogP contribution in [0.25, 0.3) is 0 Å². The first-order valence-corrected chi connectivity index (χ1v) is 10.1. The van der Waals surface area contributed by atoms with E-state index in [9.17, 15) is 9.59 Å². The molecule has 0 radical (unpaired) electrons. The highest BCUT2D eigenvalue weighted by molar-refractivity contribution is 9.40. The Kier molecular flexibility index (Phi) is 11.4. The van der Waals surface area contributed by atoms with Gasteiger partial charge in [-0.3, -0.25) is 9.59 Å². The zero-order valence-electron chi connectivity index (χ0n) is 9.02. The SMILES string of the molecule is O=C(NCCSCCNC(=O)C(Br)(Br)Br)C(Br)Br. The van der Waals surface area contributed by atoms with E-state index in [1.807, 2.05) is 0 Å². The Labute approximate surface area is 152 Å². The van der Waals surface area contributed by atoms with Crippen LogP contribution < -0.4 is 10.6 Å². The van der Waals surface area contributed by atoms with Crippen molar-refractivity contribution in [2.24, 2.45) is 0 Å². The number of halogens is 5. The third kappa shape index (κ3) is 10.5. The van der Waals surface area contributed by atoms with E-state index >= 15 is 0 Å². The molecule has 0 aromatic heterocycles. The van der Waals surface area contributed by atoms with Crippen LogP contribution in [0, 0.1) is 0 Å². The molecule has 2 amide bonds. The van der Waals surface area contributed by atoms with E-state index in [-0.39, 0.29) is 15.6 Å². The first kappa shape index (κ1) is 19.7. The highest BCUT2D eigenvalue weighted by Gasteiger charge is 2.27. The summed E-state index contributed by atoms with van der Waals surface area (Å²) >= 11 is 17.2.